The van der Waals surface area contributed by atoms with Crippen molar-refractivity contribution >= 4 is 18.2 Å². The van der Waals surface area contributed by atoms with Crippen molar-refractivity contribution < 1.29 is 39.2 Å². The van der Waals surface area contributed by atoms with Gasteiger partial charge in [0.1, 0.15) is 23.9 Å². The van der Waals surface area contributed by atoms with Crippen molar-refractivity contribution in [3.8, 4) is 0 Å². The molecule has 1 aliphatic heterocycles. The second-order valence-corrected chi connectivity index (χ2v) is 9.79. The Balaban J connectivity index is 1.86. The first-order valence-corrected chi connectivity index (χ1v) is 11.2. The van der Waals surface area contributed by atoms with Gasteiger partial charge in [0.05, 0.1) is 5.92 Å². The topological polar surface area (TPSA) is 130 Å². The zero-order chi connectivity index (χ0) is 23.0. The van der Waals surface area contributed by atoms with Crippen LogP contribution in [0.3, 0.4) is 0 Å². The van der Waals surface area contributed by atoms with E-state index in [0.717, 1.165) is 19.3 Å². The molecule has 0 radical (unpaired) electrons. The molecule has 8 nitrogen and oxygen atoms in total. The lowest BCUT2D eigenvalue weighted by Gasteiger charge is -2.56. The average molecular weight is 439 g/mol. The van der Waals surface area contributed by atoms with Gasteiger partial charge in [-0.1, -0.05) is 52.5 Å². The van der Waals surface area contributed by atoms with Gasteiger partial charge in [0.2, 0.25) is 6.29 Å². The van der Waals surface area contributed by atoms with Crippen LogP contribution in [0.25, 0.3) is 0 Å². The zero-order valence-corrected chi connectivity index (χ0v) is 18.5. The molecule has 3 N–H and O–H groups in total. The van der Waals surface area contributed by atoms with Crippen LogP contribution >= 0.6 is 0 Å². The smallest absolute Gasteiger partial charge is 0.335 e. The van der Waals surface area contributed by atoms with E-state index >= 15 is 0 Å². The molecule has 7 atom stereocenters. The number of rotatable bonds is 8. The summed E-state index contributed by atoms with van der Waals surface area (Å²) in [6, 6.07) is 0. The van der Waals surface area contributed by atoms with Crippen molar-refractivity contribution in [3.05, 3.63) is 11.6 Å². The standard InChI is InChI=1S/C23H34O8/c1-4-5-6-7-8-14(25)19(27)30-15-11-22(2,3)16-10-9-13(12-24)17-20(28)31-21(29)23(16,17)18(15)26/h9,12,14-18,20,25-26,28H,4-8,10-11H2,1-3H3/t14?,15-,16-,17+,18-,20-,23?/m0/s1. The van der Waals surface area contributed by atoms with Crippen LogP contribution < -0.4 is 0 Å². The van der Waals surface area contributed by atoms with Crippen LogP contribution in [0.2, 0.25) is 0 Å². The molecule has 0 aromatic rings. The van der Waals surface area contributed by atoms with Crippen LogP contribution in [-0.4, -0.2) is 58.1 Å². The normalized spacial score (nSPS) is 37.2. The van der Waals surface area contributed by atoms with Gasteiger partial charge in [-0.2, -0.15) is 0 Å². The van der Waals surface area contributed by atoms with Crippen LogP contribution in [0.4, 0.5) is 0 Å². The third-order valence-corrected chi connectivity index (χ3v) is 7.43. The molecule has 1 heterocycles. The lowest BCUT2D eigenvalue weighted by Crippen LogP contribution is -2.65. The lowest BCUT2D eigenvalue weighted by atomic mass is 9.46. The van der Waals surface area contributed by atoms with Crippen LogP contribution in [0.5, 0.6) is 0 Å². The lowest BCUT2D eigenvalue weighted by molar-refractivity contribution is -0.211. The van der Waals surface area contributed by atoms with Crippen molar-refractivity contribution in [3.63, 3.8) is 0 Å². The predicted octanol–water partition coefficient (Wildman–Crippen LogP) is 1.64. The van der Waals surface area contributed by atoms with Gasteiger partial charge < -0.3 is 24.8 Å². The number of aliphatic hydroxyl groups excluding tert-OH is 3. The fourth-order valence-corrected chi connectivity index (χ4v) is 5.91. The molecule has 0 aromatic carbocycles. The van der Waals surface area contributed by atoms with Gasteiger partial charge in [0.25, 0.3) is 0 Å². The van der Waals surface area contributed by atoms with Gasteiger partial charge in [0.15, 0.2) is 6.10 Å². The molecule has 31 heavy (non-hydrogen) atoms. The van der Waals surface area contributed by atoms with Gasteiger partial charge >= 0.3 is 11.9 Å². The maximum Gasteiger partial charge on any atom is 0.335 e. The number of esters is 2. The molecule has 2 fully saturated rings. The van der Waals surface area contributed by atoms with Crippen LogP contribution in [0.15, 0.2) is 11.6 Å². The van der Waals surface area contributed by atoms with Gasteiger partial charge in [-0.15, -0.1) is 0 Å². The first-order valence-electron chi connectivity index (χ1n) is 11.2. The Morgan fingerprint density at radius 2 is 2.03 bits per heavy atom. The summed E-state index contributed by atoms with van der Waals surface area (Å²) >= 11 is 0. The fourth-order valence-electron chi connectivity index (χ4n) is 5.91. The molecule has 1 saturated carbocycles. The molecule has 0 aromatic heterocycles. The number of unbranched alkanes of at least 4 members (excludes halogenated alkanes) is 3. The summed E-state index contributed by atoms with van der Waals surface area (Å²) in [6.07, 6.45) is 1.37. The van der Waals surface area contributed by atoms with E-state index in [4.69, 9.17) is 9.47 Å². The van der Waals surface area contributed by atoms with Gasteiger partial charge in [-0.05, 0) is 36.2 Å². The maximum atomic E-state index is 13.0. The first kappa shape index (κ1) is 23.9. The predicted molar refractivity (Wildman–Crippen MR) is 109 cm³/mol. The van der Waals surface area contributed by atoms with Crippen LogP contribution in [-0.2, 0) is 23.9 Å². The first-order chi connectivity index (χ1) is 14.6. The van der Waals surface area contributed by atoms with Crippen molar-refractivity contribution in [2.45, 2.75) is 90.3 Å². The number of allylic oxidation sites excluding steroid dienone is 1. The molecule has 1 spiro atoms. The van der Waals surface area contributed by atoms with Gasteiger partial charge in [-0.3, -0.25) is 9.59 Å². The summed E-state index contributed by atoms with van der Waals surface area (Å²) in [6.45, 7) is 5.88. The quantitative estimate of drug-likeness (QED) is 0.296. The van der Waals surface area contributed by atoms with E-state index < -0.39 is 59.2 Å². The highest BCUT2D eigenvalue weighted by Crippen LogP contribution is 2.63. The Morgan fingerprint density at radius 1 is 1.32 bits per heavy atom. The summed E-state index contributed by atoms with van der Waals surface area (Å²) in [5, 5.41) is 31.9. The van der Waals surface area contributed by atoms with E-state index in [1.165, 1.54) is 0 Å². The van der Waals surface area contributed by atoms with E-state index in [1.807, 2.05) is 13.8 Å². The number of ether oxygens (including phenoxy) is 2. The molecule has 3 aliphatic rings. The minimum absolute atomic E-state index is 0.201. The Bertz CT molecular complexity index is 744. The molecular formula is C23H34O8. The maximum absolute atomic E-state index is 13.0. The molecule has 0 amide bonds. The molecule has 2 unspecified atom stereocenters. The SMILES string of the molecule is CCCCCCC(O)C(=O)O[C@H]1CC(C)(C)[C@@H]2CC=C(C=O)[C@@H]3[C@@H](O)OC(=O)C32[C@H]1O. The minimum Gasteiger partial charge on any atom is -0.458 e. The summed E-state index contributed by atoms with van der Waals surface area (Å²) < 4.78 is 10.6. The van der Waals surface area contributed by atoms with E-state index in [0.29, 0.717) is 19.1 Å². The molecular weight excluding hydrogens is 404 g/mol. The highest BCUT2D eigenvalue weighted by atomic mass is 16.6. The number of hydrogen-bond acceptors (Lipinski definition) is 8. The summed E-state index contributed by atoms with van der Waals surface area (Å²) in [7, 11) is 0. The average Bonchev–Trinajstić information content (AvgIpc) is 2.99. The Kier molecular flexibility index (Phi) is 6.93. The van der Waals surface area contributed by atoms with Crippen LogP contribution in [0, 0.1) is 22.7 Å². The van der Waals surface area contributed by atoms with Crippen molar-refractivity contribution in [1.29, 1.82) is 0 Å². The zero-order valence-electron chi connectivity index (χ0n) is 18.5. The minimum atomic E-state index is -1.59. The number of cyclic esters (lactones) is 1. The summed E-state index contributed by atoms with van der Waals surface area (Å²) in [5.41, 5.74) is -1.96. The monoisotopic (exact) mass is 438 g/mol. The highest BCUT2D eigenvalue weighted by molar-refractivity contribution is 5.87. The molecule has 174 valence electrons. The summed E-state index contributed by atoms with van der Waals surface area (Å²) in [5.74, 6) is -3.08. The fraction of sp³-hybridized carbons (Fsp3) is 0.783. The van der Waals surface area contributed by atoms with E-state index in [2.05, 4.69) is 6.92 Å². The van der Waals surface area contributed by atoms with Gasteiger partial charge in [-0.25, -0.2) is 4.79 Å². The van der Waals surface area contributed by atoms with E-state index in [1.54, 1.807) is 6.08 Å². The number of carbonyl (C=O) groups is 3. The molecule has 8 heteroatoms. The summed E-state index contributed by atoms with van der Waals surface area (Å²) in [4.78, 5) is 37.2. The largest absolute Gasteiger partial charge is 0.458 e. The number of hydrogen-bond donors (Lipinski definition) is 3. The van der Waals surface area contributed by atoms with Gasteiger partial charge in [0, 0.05) is 0 Å². The van der Waals surface area contributed by atoms with Crippen molar-refractivity contribution in [2.75, 3.05) is 0 Å². The van der Waals surface area contributed by atoms with Crippen LogP contribution in [0.1, 0.15) is 65.7 Å². The second-order valence-electron chi connectivity index (χ2n) is 9.79. The Labute approximate surface area is 182 Å². The Morgan fingerprint density at radius 3 is 2.68 bits per heavy atom. The molecule has 1 saturated heterocycles. The molecule has 0 bridgehead atoms. The number of aliphatic hydroxyl groups is 3. The van der Waals surface area contributed by atoms with Crippen molar-refractivity contribution in [1.82, 2.24) is 0 Å². The third-order valence-electron chi connectivity index (χ3n) is 7.43. The molecule has 2 aliphatic carbocycles. The highest BCUT2D eigenvalue weighted by Gasteiger charge is 2.73. The molecule has 3 rings (SSSR count). The van der Waals surface area contributed by atoms with E-state index in [9.17, 15) is 29.7 Å². The second kappa shape index (κ2) is 9.00. The van der Waals surface area contributed by atoms with E-state index in [-0.39, 0.29) is 18.4 Å². The number of carbonyl (C=O) groups excluding carboxylic acids is 3. The third kappa shape index (κ3) is 3.94. The number of aldehydes is 1. The Hall–Kier alpha value is -1.77. The van der Waals surface area contributed by atoms with Crippen molar-refractivity contribution in [2.24, 2.45) is 22.7 Å².